The average molecular weight is 394 g/mol. The van der Waals surface area contributed by atoms with Gasteiger partial charge < -0.3 is 4.90 Å². The van der Waals surface area contributed by atoms with E-state index in [0.29, 0.717) is 6.54 Å². The maximum atomic E-state index is 12.8. The molecule has 0 spiro atoms. The molecule has 3 aromatic carbocycles. The molecule has 0 radical (unpaired) electrons. The van der Waals surface area contributed by atoms with E-state index in [0.717, 1.165) is 34.9 Å². The Labute approximate surface area is 165 Å². The van der Waals surface area contributed by atoms with Crippen molar-refractivity contribution in [1.82, 2.24) is 0 Å². The zero-order valence-corrected chi connectivity index (χ0v) is 16.7. The molecule has 4 rings (SSSR count). The Morgan fingerprint density at radius 1 is 1.00 bits per heavy atom. The molecule has 1 aliphatic heterocycles. The molecule has 1 heterocycles. The fourth-order valence-corrected chi connectivity index (χ4v) is 5.08. The molecule has 0 bridgehead atoms. The summed E-state index contributed by atoms with van der Waals surface area (Å²) in [6.45, 7) is 2.68. The van der Waals surface area contributed by atoms with Crippen molar-refractivity contribution in [3.8, 4) is 0 Å². The van der Waals surface area contributed by atoms with E-state index in [9.17, 15) is 13.2 Å². The van der Waals surface area contributed by atoms with Gasteiger partial charge in [0.25, 0.3) is 0 Å². The van der Waals surface area contributed by atoms with Crippen LogP contribution in [0.15, 0.2) is 65.6 Å². The van der Waals surface area contributed by atoms with Gasteiger partial charge in [0.05, 0.1) is 10.6 Å². The summed E-state index contributed by atoms with van der Waals surface area (Å²) < 4.78 is 25.6. The summed E-state index contributed by atoms with van der Waals surface area (Å²) in [6.07, 6.45) is 1.85. The summed E-state index contributed by atoms with van der Waals surface area (Å²) in [5.74, 6) is -0.309. The van der Waals surface area contributed by atoms with Gasteiger partial charge in [0.1, 0.15) is 0 Å². The molecule has 5 heteroatoms. The van der Waals surface area contributed by atoms with E-state index in [1.54, 1.807) is 17.0 Å². The number of aryl methyl sites for hydroxylation is 2. The minimum absolute atomic E-state index is 0.0114. The largest absolute Gasteiger partial charge is 0.312 e. The van der Waals surface area contributed by atoms with E-state index in [1.165, 1.54) is 5.56 Å². The quantitative estimate of drug-likeness (QED) is 0.664. The summed E-state index contributed by atoms with van der Waals surface area (Å²) in [7, 11) is -3.52. The van der Waals surface area contributed by atoms with Gasteiger partial charge in [-0.05, 0) is 54.3 Å². The molecule has 0 unspecified atom stereocenters. The normalized spacial score (nSPS) is 14.1. The van der Waals surface area contributed by atoms with Gasteiger partial charge in [-0.3, -0.25) is 4.79 Å². The van der Waals surface area contributed by atoms with Crippen LogP contribution in [0.4, 0.5) is 5.69 Å². The Hall–Kier alpha value is -2.66. The second-order valence-corrected chi connectivity index (χ2v) is 9.47. The maximum absolute atomic E-state index is 12.8. The number of amides is 1. The molecule has 0 atom stereocenters. The lowest BCUT2D eigenvalue weighted by molar-refractivity contribution is -0.118. The van der Waals surface area contributed by atoms with Crippen molar-refractivity contribution in [3.05, 3.63) is 71.8 Å². The Bertz CT molecular complexity index is 1150. The number of carbonyl (C=O) groups is 1. The number of anilines is 1. The second kappa shape index (κ2) is 7.40. The van der Waals surface area contributed by atoms with Crippen molar-refractivity contribution in [3.63, 3.8) is 0 Å². The number of sulfone groups is 1. The van der Waals surface area contributed by atoms with Gasteiger partial charge in [-0.2, -0.15) is 0 Å². The Balaban J connectivity index is 1.51. The van der Waals surface area contributed by atoms with Gasteiger partial charge in [0.15, 0.2) is 9.84 Å². The second-order valence-electron chi connectivity index (χ2n) is 7.36. The molecule has 0 aromatic heterocycles. The van der Waals surface area contributed by atoms with Crippen LogP contribution in [-0.4, -0.2) is 26.6 Å². The summed E-state index contributed by atoms with van der Waals surface area (Å²) in [6, 6.07) is 18.9. The van der Waals surface area contributed by atoms with Crippen molar-refractivity contribution < 1.29 is 13.2 Å². The van der Waals surface area contributed by atoms with Gasteiger partial charge in [-0.25, -0.2) is 8.42 Å². The van der Waals surface area contributed by atoms with Crippen LogP contribution < -0.4 is 4.90 Å². The Morgan fingerprint density at radius 3 is 2.61 bits per heavy atom. The van der Waals surface area contributed by atoms with Crippen molar-refractivity contribution in [1.29, 1.82) is 0 Å². The molecule has 0 fully saturated rings. The van der Waals surface area contributed by atoms with Crippen molar-refractivity contribution in [2.45, 2.75) is 31.1 Å². The van der Waals surface area contributed by atoms with Crippen LogP contribution >= 0.6 is 0 Å². The topological polar surface area (TPSA) is 54.5 Å². The lowest BCUT2D eigenvalue weighted by Gasteiger charge is -2.30. The zero-order chi connectivity index (χ0) is 19.7. The summed E-state index contributed by atoms with van der Waals surface area (Å²) in [5.41, 5.74) is 3.26. The molecular formula is C23H23NO3S. The molecule has 0 saturated heterocycles. The van der Waals surface area contributed by atoms with Crippen molar-refractivity contribution in [2.24, 2.45) is 0 Å². The SMILES string of the molecule is Cc1ccc2c(c1)CCCN2C(=O)CCS(=O)(=O)c1ccc2ccccc2c1. The van der Waals surface area contributed by atoms with Crippen LogP contribution in [0.2, 0.25) is 0 Å². The Morgan fingerprint density at radius 2 is 1.79 bits per heavy atom. The molecule has 28 heavy (non-hydrogen) atoms. The number of nitrogens with zero attached hydrogens (tertiary/aromatic N) is 1. The monoisotopic (exact) mass is 393 g/mol. The van der Waals surface area contributed by atoms with Crippen molar-refractivity contribution >= 4 is 32.2 Å². The van der Waals surface area contributed by atoms with Crippen LogP contribution in [0.25, 0.3) is 10.8 Å². The van der Waals surface area contributed by atoms with Gasteiger partial charge in [-0.1, -0.05) is 48.0 Å². The smallest absolute Gasteiger partial charge is 0.228 e. The van der Waals surface area contributed by atoms with Gasteiger partial charge in [-0.15, -0.1) is 0 Å². The third-order valence-electron chi connectivity index (χ3n) is 5.32. The predicted octanol–water partition coefficient (Wildman–Crippen LogP) is 4.29. The minimum atomic E-state index is -3.52. The van der Waals surface area contributed by atoms with Crippen molar-refractivity contribution in [2.75, 3.05) is 17.2 Å². The molecule has 1 aliphatic rings. The third-order valence-corrected chi connectivity index (χ3v) is 7.03. The highest BCUT2D eigenvalue weighted by Crippen LogP contribution is 2.29. The standard InChI is InChI=1S/C23H23NO3S/c1-17-8-11-22-20(15-17)7-4-13-24(22)23(25)12-14-28(26,27)21-10-9-18-5-2-3-6-19(18)16-21/h2-3,5-6,8-11,15-16H,4,7,12-14H2,1H3. The number of carbonyl (C=O) groups excluding carboxylic acids is 1. The van der Waals surface area contributed by atoms with E-state index < -0.39 is 9.84 Å². The third kappa shape index (κ3) is 3.67. The first-order valence-electron chi connectivity index (χ1n) is 9.55. The lowest BCUT2D eigenvalue weighted by atomic mass is 9.99. The Kier molecular flexibility index (Phi) is 4.94. The summed E-state index contributed by atoms with van der Waals surface area (Å²) in [4.78, 5) is 14.8. The van der Waals surface area contributed by atoms with Crippen LogP contribution in [-0.2, 0) is 21.1 Å². The van der Waals surface area contributed by atoms with E-state index in [2.05, 4.69) is 6.07 Å². The molecule has 1 amide bonds. The van der Waals surface area contributed by atoms with E-state index in [4.69, 9.17) is 0 Å². The summed E-state index contributed by atoms with van der Waals surface area (Å²) >= 11 is 0. The molecule has 4 nitrogen and oxygen atoms in total. The number of rotatable bonds is 4. The van der Waals surface area contributed by atoms with E-state index >= 15 is 0 Å². The first kappa shape index (κ1) is 18.7. The lowest BCUT2D eigenvalue weighted by Crippen LogP contribution is -2.36. The van der Waals surface area contributed by atoms with Crippen LogP contribution in [0.1, 0.15) is 24.0 Å². The van der Waals surface area contributed by atoms with E-state index in [-0.39, 0.29) is 23.0 Å². The molecule has 3 aromatic rings. The van der Waals surface area contributed by atoms with Gasteiger partial charge in [0, 0.05) is 18.7 Å². The highest BCUT2D eigenvalue weighted by molar-refractivity contribution is 7.91. The fourth-order valence-electron chi connectivity index (χ4n) is 3.82. The van der Waals surface area contributed by atoms with E-state index in [1.807, 2.05) is 49.4 Å². The zero-order valence-electron chi connectivity index (χ0n) is 15.9. The predicted molar refractivity (Wildman–Crippen MR) is 112 cm³/mol. The molecule has 144 valence electrons. The molecule has 0 N–H and O–H groups in total. The van der Waals surface area contributed by atoms with Gasteiger partial charge in [0.2, 0.25) is 5.91 Å². The molecular weight excluding hydrogens is 370 g/mol. The van der Waals surface area contributed by atoms with Crippen LogP contribution in [0.5, 0.6) is 0 Å². The van der Waals surface area contributed by atoms with Gasteiger partial charge >= 0.3 is 0 Å². The average Bonchev–Trinajstić information content (AvgIpc) is 2.71. The number of hydrogen-bond donors (Lipinski definition) is 0. The van der Waals surface area contributed by atoms with Crippen LogP contribution in [0.3, 0.4) is 0 Å². The maximum Gasteiger partial charge on any atom is 0.228 e. The van der Waals surface area contributed by atoms with Crippen LogP contribution in [0, 0.1) is 6.92 Å². The summed E-state index contributed by atoms with van der Waals surface area (Å²) in [5, 5.41) is 1.88. The first-order chi connectivity index (χ1) is 13.4. The highest BCUT2D eigenvalue weighted by Gasteiger charge is 2.24. The minimum Gasteiger partial charge on any atom is -0.312 e. The fraction of sp³-hybridized carbons (Fsp3) is 0.261. The molecule has 0 aliphatic carbocycles. The number of benzene rings is 3. The highest BCUT2D eigenvalue weighted by atomic mass is 32.2. The number of fused-ring (bicyclic) bond motifs is 2. The number of hydrogen-bond acceptors (Lipinski definition) is 3. The first-order valence-corrected chi connectivity index (χ1v) is 11.2. The molecule has 0 saturated carbocycles.